The van der Waals surface area contributed by atoms with Gasteiger partial charge in [-0.3, -0.25) is 9.47 Å². The van der Waals surface area contributed by atoms with Gasteiger partial charge in [-0.05, 0) is 67.1 Å². The van der Waals surface area contributed by atoms with E-state index in [2.05, 4.69) is 49.8 Å². The maximum atomic E-state index is 13.6. The molecule has 2 aromatic heterocycles. The van der Waals surface area contributed by atoms with Crippen molar-refractivity contribution in [1.82, 2.24) is 30.0 Å². The number of fused-ring (bicyclic) bond motifs is 1. The molecule has 1 aliphatic rings. The zero-order valence-corrected chi connectivity index (χ0v) is 20.2. The lowest BCUT2D eigenvalue weighted by Gasteiger charge is -2.37. The molecular formula is C27H33FN6O. The monoisotopic (exact) mass is 476 g/mol. The number of hydrogen-bond acceptors (Lipinski definition) is 5. The molecule has 7 nitrogen and oxygen atoms in total. The van der Waals surface area contributed by atoms with Crippen LogP contribution in [-0.4, -0.2) is 64.0 Å². The summed E-state index contributed by atoms with van der Waals surface area (Å²) in [5.74, 6) is -0.192. The summed E-state index contributed by atoms with van der Waals surface area (Å²) in [7, 11) is 1.81. The summed E-state index contributed by atoms with van der Waals surface area (Å²) in [6.45, 7) is 3.94. The van der Waals surface area contributed by atoms with Gasteiger partial charge in [0.1, 0.15) is 18.5 Å². The maximum absolute atomic E-state index is 13.6. The molecule has 0 spiro atoms. The number of piperazine rings is 1. The van der Waals surface area contributed by atoms with E-state index in [1.54, 1.807) is 31.9 Å². The maximum Gasteiger partial charge on any atom is 0.123 e. The highest BCUT2D eigenvalue weighted by Gasteiger charge is 2.25. The molecule has 2 unspecified atom stereocenters. The Balaban J connectivity index is 1.25. The number of hydrogen-bond donors (Lipinski definition) is 2. The average Bonchev–Trinajstić information content (AvgIpc) is 3.58. The highest BCUT2D eigenvalue weighted by atomic mass is 19.1. The zero-order valence-electron chi connectivity index (χ0n) is 20.2. The van der Waals surface area contributed by atoms with Crippen LogP contribution in [0.1, 0.15) is 36.4 Å². The van der Waals surface area contributed by atoms with Gasteiger partial charge >= 0.3 is 0 Å². The SMILES string of the molecule is COC(CCCc1c[nH]c2ccc(-n3cnnc3)cc12)CC(c1ccc(F)cc1)N1CCNCC1. The Morgan fingerprint density at radius 1 is 1.06 bits per heavy atom. The number of nitrogens with zero attached hydrogens (tertiary/aromatic N) is 4. The Morgan fingerprint density at radius 2 is 1.83 bits per heavy atom. The van der Waals surface area contributed by atoms with Gasteiger partial charge in [-0.25, -0.2) is 4.39 Å². The largest absolute Gasteiger partial charge is 0.381 e. The van der Waals surface area contributed by atoms with Crippen molar-refractivity contribution in [3.8, 4) is 5.69 Å². The Kier molecular flexibility index (Phi) is 7.51. The van der Waals surface area contributed by atoms with Crippen LogP contribution in [0, 0.1) is 5.82 Å². The van der Waals surface area contributed by atoms with Gasteiger partial charge in [0, 0.05) is 62.1 Å². The van der Waals surface area contributed by atoms with Crippen LogP contribution in [0.3, 0.4) is 0 Å². The topological polar surface area (TPSA) is 71.0 Å². The van der Waals surface area contributed by atoms with Gasteiger partial charge in [0.05, 0.1) is 6.10 Å². The standard InChI is InChI=1S/C27H33FN6O/c1-35-24(16-27(33-13-11-29-12-14-33)20-5-7-22(28)8-6-20)4-2-3-21-17-30-26-10-9-23(15-25(21)26)34-18-31-32-19-34/h5-10,15,17-19,24,27,29-30H,2-4,11-14,16H2,1H3. The number of aryl methyl sites for hydroxylation is 1. The number of aromatic nitrogens is 4. The molecule has 1 aliphatic heterocycles. The Morgan fingerprint density at radius 3 is 2.57 bits per heavy atom. The minimum Gasteiger partial charge on any atom is -0.381 e. The van der Waals surface area contributed by atoms with Crippen LogP contribution in [-0.2, 0) is 11.2 Å². The number of aromatic amines is 1. The molecule has 8 heteroatoms. The smallest absolute Gasteiger partial charge is 0.123 e. The van der Waals surface area contributed by atoms with Gasteiger partial charge in [-0.1, -0.05) is 12.1 Å². The van der Waals surface area contributed by atoms with Gasteiger partial charge in [-0.2, -0.15) is 0 Å². The quantitative estimate of drug-likeness (QED) is 0.358. The molecule has 2 N–H and O–H groups in total. The molecule has 2 atom stereocenters. The lowest BCUT2D eigenvalue weighted by atomic mass is 9.95. The molecule has 4 aromatic rings. The Bertz CT molecular complexity index is 1200. The normalized spacial score (nSPS) is 16.5. The van der Waals surface area contributed by atoms with E-state index in [4.69, 9.17) is 4.74 Å². The molecule has 35 heavy (non-hydrogen) atoms. The van der Waals surface area contributed by atoms with Crippen LogP contribution in [0.2, 0.25) is 0 Å². The molecular weight excluding hydrogens is 443 g/mol. The number of nitrogens with one attached hydrogen (secondary N) is 2. The van der Waals surface area contributed by atoms with Crippen molar-refractivity contribution in [2.24, 2.45) is 0 Å². The van der Waals surface area contributed by atoms with Crippen LogP contribution in [0.15, 0.2) is 61.3 Å². The van der Waals surface area contributed by atoms with Crippen molar-refractivity contribution in [3.05, 3.63) is 78.3 Å². The van der Waals surface area contributed by atoms with Gasteiger partial charge in [0.25, 0.3) is 0 Å². The first-order chi connectivity index (χ1) is 17.2. The van der Waals surface area contributed by atoms with Crippen molar-refractivity contribution >= 4 is 10.9 Å². The van der Waals surface area contributed by atoms with Crippen LogP contribution < -0.4 is 5.32 Å². The van der Waals surface area contributed by atoms with Crippen molar-refractivity contribution in [3.63, 3.8) is 0 Å². The second kappa shape index (κ2) is 11.1. The number of benzene rings is 2. The average molecular weight is 477 g/mol. The lowest BCUT2D eigenvalue weighted by Crippen LogP contribution is -2.45. The molecule has 0 radical (unpaired) electrons. The predicted molar refractivity (Wildman–Crippen MR) is 135 cm³/mol. The summed E-state index contributed by atoms with van der Waals surface area (Å²) in [5.41, 5.74) is 4.65. The summed E-state index contributed by atoms with van der Waals surface area (Å²) in [4.78, 5) is 5.90. The van der Waals surface area contributed by atoms with E-state index in [-0.39, 0.29) is 18.0 Å². The number of ether oxygens (including phenoxy) is 1. The van der Waals surface area contributed by atoms with Crippen LogP contribution in [0.25, 0.3) is 16.6 Å². The summed E-state index contributed by atoms with van der Waals surface area (Å²) in [6.07, 6.45) is 9.55. The summed E-state index contributed by atoms with van der Waals surface area (Å²) in [5, 5.41) is 12.5. The predicted octanol–water partition coefficient (Wildman–Crippen LogP) is 4.26. The zero-order chi connectivity index (χ0) is 24.0. The van der Waals surface area contributed by atoms with Crippen LogP contribution in [0.5, 0.6) is 0 Å². The molecule has 3 heterocycles. The summed E-state index contributed by atoms with van der Waals surface area (Å²) >= 11 is 0. The third-order valence-electron chi connectivity index (χ3n) is 7.11. The molecule has 1 saturated heterocycles. The Labute approximate surface area is 205 Å². The molecule has 0 aliphatic carbocycles. The van der Waals surface area contributed by atoms with Gasteiger partial charge < -0.3 is 15.0 Å². The first-order valence-corrected chi connectivity index (χ1v) is 12.4. The Hall–Kier alpha value is -3.07. The molecule has 0 saturated carbocycles. The third-order valence-corrected chi connectivity index (χ3v) is 7.11. The number of methoxy groups -OCH3 is 1. The number of H-pyrrole nitrogens is 1. The summed E-state index contributed by atoms with van der Waals surface area (Å²) < 4.78 is 21.4. The highest BCUT2D eigenvalue weighted by Crippen LogP contribution is 2.29. The van der Waals surface area contributed by atoms with E-state index in [0.29, 0.717) is 0 Å². The number of halogens is 1. The molecule has 1 fully saturated rings. The van der Waals surface area contributed by atoms with Crippen molar-refractivity contribution < 1.29 is 9.13 Å². The van der Waals surface area contributed by atoms with E-state index in [0.717, 1.165) is 68.6 Å². The van der Waals surface area contributed by atoms with E-state index >= 15 is 0 Å². The fraction of sp³-hybridized carbons (Fsp3) is 0.407. The molecule has 0 amide bonds. The van der Waals surface area contributed by atoms with E-state index in [9.17, 15) is 4.39 Å². The molecule has 5 rings (SSSR count). The summed E-state index contributed by atoms with van der Waals surface area (Å²) in [6, 6.07) is 13.6. The lowest BCUT2D eigenvalue weighted by molar-refractivity contribution is 0.0490. The van der Waals surface area contributed by atoms with Crippen molar-refractivity contribution in [2.45, 2.75) is 37.8 Å². The van der Waals surface area contributed by atoms with Crippen LogP contribution >= 0.6 is 0 Å². The van der Waals surface area contributed by atoms with E-state index < -0.39 is 0 Å². The number of rotatable bonds is 10. The first kappa shape index (κ1) is 23.7. The minimum atomic E-state index is -0.192. The van der Waals surface area contributed by atoms with Gasteiger partial charge in [-0.15, -0.1) is 10.2 Å². The van der Waals surface area contributed by atoms with Crippen LogP contribution in [0.4, 0.5) is 4.39 Å². The highest BCUT2D eigenvalue weighted by molar-refractivity contribution is 5.85. The van der Waals surface area contributed by atoms with E-state index in [1.165, 1.54) is 10.9 Å². The fourth-order valence-corrected chi connectivity index (χ4v) is 5.14. The second-order valence-electron chi connectivity index (χ2n) is 9.25. The van der Waals surface area contributed by atoms with E-state index in [1.807, 2.05) is 16.7 Å². The van der Waals surface area contributed by atoms with Crippen molar-refractivity contribution in [2.75, 3.05) is 33.3 Å². The third kappa shape index (κ3) is 5.61. The second-order valence-corrected chi connectivity index (χ2v) is 9.25. The molecule has 2 aromatic carbocycles. The first-order valence-electron chi connectivity index (χ1n) is 12.4. The van der Waals surface area contributed by atoms with Crippen molar-refractivity contribution in [1.29, 1.82) is 0 Å². The fourth-order valence-electron chi connectivity index (χ4n) is 5.14. The molecule has 184 valence electrons. The molecule has 0 bridgehead atoms. The minimum absolute atomic E-state index is 0.137. The van der Waals surface area contributed by atoms with Gasteiger partial charge in [0.15, 0.2) is 0 Å². The van der Waals surface area contributed by atoms with Gasteiger partial charge in [0.2, 0.25) is 0 Å².